The maximum absolute atomic E-state index is 10.8. The van der Waals surface area contributed by atoms with Gasteiger partial charge in [-0.2, -0.15) is 0 Å². The summed E-state index contributed by atoms with van der Waals surface area (Å²) in [6.45, 7) is 3.85. The summed E-state index contributed by atoms with van der Waals surface area (Å²) in [6, 6.07) is 0. The Bertz CT molecular complexity index is 231. The lowest BCUT2D eigenvalue weighted by Crippen LogP contribution is -2.02. The largest absolute Gasteiger partial charge is 0.478 e. The standard InChI is InChI=1S/C12H19O3/c1-3-4-5-11(12(14)15)7-6-10(2)8-9-13/h3,7,9-10H,4-6,8H2,1-2H3,(H,14,15)/b11-7+/t10-/m0/s1. The zero-order valence-electron chi connectivity index (χ0n) is 9.40. The van der Waals surface area contributed by atoms with Crippen molar-refractivity contribution >= 4 is 12.3 Å². The number of carboxylic acid groups (broad SMARTS) is 1. The zero-order valence-corrected chi connectivity index (χ0v) is 9.40. The van der Waals surface area contributed by atoms with Gasteiger partial charge in [0, 0.05) is 12.0 Å². The molecule has 3 heteroatoms. The lowest BCUT2D eigenvalue weighted by atomic mass is 10.0. The van der Waals surface area contributed by atoms with Crippen LogP contribution in [-0.2, 0) is 9.59 Å². The van der Waals surface area contributed by atoms with Crippen LogP contribution in [0.2, 0.25) is 0 Å². The lowest BCUT2D eigenvalue weighted by Gasteiger charge is -2.05. The molecule has 1 atom stereocenters. The summed E-state index contributed by atoms with van der Waals surface area (Å²) in [5.74, 6) is -0.627. The highest BCUT2D eigenvalue weighted by molar-refractivity contribution is 5.86. The Hall–Kier alpha value is -1.12. The molecule has 0 aromatic heterocycles. The molecule has 85 valence electrons. The maximum atomic E-state index is 10.8. The molecule has 0 rings (SSSR count). The first-order chi connectivity index (χ1) is 7.11. The second-order valence-corrected chi connectivity index (χ2v) is 3.72. The molecule has 0 fully saturated rings. The van der Waals surface area contributed by atoms with Gasteiger partial charge in [0.1, 0.15) is 6.29 Å². The summed E-state index contributed by atoms with van der Waals surface area (Å²) in [6.07, 6.45) is 7.05. The summed E-state index contributed by atoms with van der Waals surface area (Å²) in [7, 11) is 0. The molecule has 0 heterocycles. The van der Waals surface area contributed by atoms with Crippen LogP contribution in [-0.4, -0.2) is 17.4 Å². The van der Waals surface area contributed by atoms with Crippen molar-refractivity contribution < 1.29 is 14.7 Å². The summed E-state index contributed by atoms with van der Waals surface area (Å²) < 4.78 is 0. The molecular weight excluding hydrogens is 192 g/mol. The highest BCUT2D eigenvalue weighted by Gasteiger charge is 2.07. The number of rotatable bonds is 8. The molecule has 15 heavy (non-hydrogen) atoms. The molecule has 0 aliphatic carbocycles. The third-order valence-corrected chi connectivity index (χ3v) is 2.24. The smallest absolute Gasteiger partial charge is 0.331 e. The van der Waals surface area contributed by atoms with E-state index in [1.165, 1.54) is 0 Å². The van der Waals surface area contributed by atoms with Crippen molar-refractivity contribution in [3.8, 4) is 0 Å². The van der Waals surface area contributed by atoms with Crippen LogP contribution in [0.1, 0.15) is 39.5 Å². The lowest BCUT2D eigenvalue weighted by molar-refractivity contribution is -0.132. The van der Waals surface area contributed by atoms with Crippen molar-refractivity contribution in [2.24, 2.45) is 5.92 Å². The van der Waals surface area contributed by atoms with E-state index in [2.05, 4.69) is 0 Å². The predicted octanol–water partition coefficient (Wildman–Crippen LogP) is 2.62. The topological polar surface area (TPSA) is 54.4 Å². The molecule has 3 nitrogen and oxygen atoms in total. The van der Waals surface area contributed by atoms with Gasteiger partial charge in [-0.15, -0.1) is 0 Å². The summed E-state index contributed by atoms with van der Waals surface area (Å²) in [4.78, 5) is 21.0. The van der Waals surface area contributed by atoms with E-state index in [1.807, 2.05) is 20.3 Å². The number of hydrogen-bond donors (Lipinski definition) is 1. The van der Waals surface area contributed by atoms with Crippen LogP contribution in [0.15, 0.2) is 11.6 Å². The third-order valence-electron chi connectivity index (χ3n) is 2.24. The minimum absolute atomic E-state index is 0.224. The summed E-state index contributed by atoms with van der Waals surface area (Å²) in [5.41, 5.74) is 0.450. The molecule has 0 saturated carbocycles. The summed E-state index contributed by atoms with van der Waals surface area (Å²) in [5, 5.41) is 8.89. The Labute approximate surface area is 91.2 Å². The van der Waals surface area contributed by atoms with Gasteiger partial charge >= 0.3 is 5.97 Å². The van der Waals surface area contributed by atoms with Crippen LogP contribution in [0.3, 0.4) is 0 Å². The van der Waals surface area contributed by atoms with Gasteiger partial charge < -0.3 is 9.90 Å². The highest BCUT2D eigenvalue weighted by atomic mass is 16.4. The normalized spacial score (nSPS) is 13.6. The minimum atomic E-state index is -0.852. The first-order valence-electron chi connectivity index (χ1n) is 5.25. The monoisotopic (exact) mass is 211 g/mol. The average molecular weight is 211 g/mol. The number of carboxylic acids is 1. The molecule has 0 aromatic carbocycles. The number of aliphatic carboxylic acids is 1. The first-order valence-corrected chi connectivity index (χ1v) is 5.25. The molecule has 1 radical (unpaired) electrons. The van der Waals surface area contributed by atoms with Crippen LogP contribution >= 0.6 is 0 Å². The van der Waals surface area contributed by atoms with Crippen LogP contribution in [0.25, 0.3) is 0 Å². The molecule has 0 spiro atoms. The molecule has 0 bridgehead atoms. The zero-order chi connectivity index (χ0) is 11.7. The number of unbranched alkanes of at least 4 members (excludes halogenated alkanes) is 1. The van der Waals surface area contributed by atoms with E-state index in [0.717, 1.165) is 12.7 Å². The maximum Gasteiger partial charge on any atom is 0.331 e. The Kier molecular flexibility index (Phi) is 7.60. The fourth-order valence-corrected chi connectivity index (χ4v) is 1.20. The molecule has 1 N–H and O–H groups in total. The van der Waals surface area contributed by atoms with Gasteiger partial charge in [0.2, 0.25) is 0 Å². The van der Waals surface area contributed by atoms with Crippen LogP contribution in [0.5, 0.6) is 0 Å². The molecule has 0 unspecified atom stereocenters. The highest BCUT2D eigenvalue weighted by Crippen LogP contribution is 2.13. The Morgan fingerprint density at radius 3 is 2.53 bits per heavy atom. The molecular formula is C12H19O3. The molecule has 0 amide bonds. The van der Waals surface area contributed by atoms with Gasteiger partial charge in [-0.3, -0.25) is 0 Å². The van der Waals surface area contributed by atoms with Gasteiger partial charge in [0.15, 0.2) is 0 Å². The second kappa shape index (κ2) is 8.21. The number of carbonyl (C=O) groups excluding carboxylic acids is 1. The third kappa shape index (κ3) is 6.89. The van der Waals surface area contributed by atoms with Crippen molar-refractivity contribution in [3.05, 3.63) is 18.1 Å². The van der Waals surface area contributed by atoms with Crippen molar-refractivity contribution in [3.63, 3.8) is 0 Å². The Morgan fingerprint density at radius 1 is 1.40 bits per heavy atom. The Balaban J connectivity index is 4.15. The van der Waals surface area contributed by atoms with E-state index in [0.29, 0.717) is 24.8 Å². The molecule has 0 aliphatic heterocycles. The fourth-order valence-electron chi connectivity index (χ4n) is 1.20. The first kappa shape index (κ1) is 13.9. The number of aldehydes is 1. The van der Waals surface area contributed by atoms with Gasteiger partial charge in [-0.05, 0) is 31.6 Å². The molecule has 0 aromatic rings. The number of allylic oxidation sites excluding steroid dienone is 1. The van der Waals surface area contributed by atoms with E-state index < -0.39 is 5.97 Å². The number of hydrogen-bond acceptors (Lipinski definition) is 2. The summed E-state index contributed by atoms with van der Waals surface area (Å²) >= 11 is 0. The predicted molar refractivity (Wildman–Crippen MR) is 59.4 cm³/mol. The van der Waals surface area contributed by atoms with Crippen molar-refractivity contribution in [1.29, 1.82) is 0 Å². The minimum Gasteiger partial charge on any atom is -0.478 e. The van der Waals surface area contributed by atoms with E-state index in [9.17, 15) is 9.59 Å². The van der Waals surface area contributed by atoms with Crippen molar-refractivity contribution in [2.75, 3.05) is 0 Å². The van der Waals surface area contributed by atoms with Crippen molar-refractivity contribution in [2.45, 2.75) is 39.5 Å². The van der Waals surface area contributed by atoms with Crippen LogP contribution in [0.4, 0.5) is 0 Å². The number of carbonyl (C=O) groups is 2. The van der Waals surface area contributed by atoms with E-state index in [-0.39, 0.29) is 5.92 Å². The second-order valence-electron chi connectivity index (χ2n) is 3.72. The van der Waals surface area contributed by atoms with E-state index >= 15 is 0 Å². The molecule has 0 aliphatic rings. The van der Waals surface area contributed by atoms with Gasteiger partial charge in [-0.1, -0.05) is 19.9 Å². The van der Waals surface area contributed by atoms with Crippen LogP contribution in [0, 0.1) is 12.3 Å². The van der Waals surface area contributed by atoms with E-state index in [4.69, 9.17) is 5.11 Å². The van der Waals surface area contributed by atoms with Crippen LogP contribution < -0.4 is 0 Å². The van der Waals surface area contributed by atoms with E-state index in [1.54, 1.807) is 6.08 Å². The van der Waals surface area contributed by atoms with Gasteiger partial charge in [-0.25, -0.2) is 4.79 Å². The quantitative estimate of drug-likeness (QED) is 0.496. The Morgan fingerprint density at radius 2 is 2.07 bits per heavy atom. The van der Waals surface area contributed by atoms with Crippen molar-refractivity contribution in [1.82, 2.24) is 0 Å². The SMILES string of the molecule is C[CH]CC/C(=C\C[C@H](C)CC=O)C(=O)O. The van der Waals surface area contributed by atoms with Gasteiger partial charge in [0.05, 0.1) is 0 Å². The average Bonchev–Trinajstić information content (AvgIpc) is 2.17. The molecule has 0 saturated heterocycles. The fraction of sp³-hybridized carbons (Fsp3) is 0.583. The van der Waals surface area contributed by atoms with Gasteiger partial charge in [0.25, 0.3) is 0 Å².